The quantitative estimate of drug-likeness (QED) is 0.538. The average molecular weight is 335 g/mol. The van der Waals surface area contributed by atoms with E-state index < -0.39 is 0 Å². The summed E-state index contributed by atoms with van der Waals surface area (Å²) in [6, 6.07) is 19.9. The topological polar surface area (TPSA) is 43.6 Å². The molecule has 4 nitrogen and oxygen atoms in total. The molecule has 118 valence electrons. The molecule has 4 rings (SSSR count). The Bertz CT molecular complexity index is 994. The molecule has 0 aliphatic heterocycles. The van der Waals surface area contributed by atoms with Gasteiger partial charge in [0, 0.05) is 17.7 Å². The van der Waals surface area contributed by atoms with Crippen LogP contribution in [0.25, 0.3) is 33.5 Å². The molecule has 2 aromatic heterocycles. The minimum atomic E-state index is 0.588. The van der Waals surface area contributed by atoms with E-state index in [1.54, 1.807) is 0 Å². The second-order valence-electron chi connectivity index (χ2n) is 5.46. The number of hydrogen-bond acceptors (Lipinski definition) is 3. The molecule has 0 aliphatic carbocycles. The Kier molecular flexibility index (Phi) is 3.75. The first-order chi connectivity index (χ1) is 11.8. The SMILES string of the molecule is CCn1nc(-c2ccccc2)c2c(Cl)c(-c3ccccc3)nnc21. The van der Waals surface area contributed by atoms with E-state index >= 15 is 0 Å². The molecule has 0 fully saturated rings. The van der Waals surface area contributed by atoms with Gasteiger partial charge in [-0.15, -0.1) is 10.2 Å². The molecule has 0 unspecified atom stereocenters. The van der Waals surface area contributed by atoms with E-state index in [1.165, 1.54) is 0 Å². The zero-order valence-corrected chi connectivity index (χ0v) is 13.9. The normalized spacial score (nSPS) is 11.1. The van der Waals surface area contributed by atoms with Crippen LogP contribution >= 0.6 is 11.6 Å². The van der Waals surface area contributed by atoms with Crippen LogP contribution in [-0.2, 0) is 6.54 Å². The predicted octanol–water partition coefficient (Wildman–Crippen LogP) is 4.83. The number of aromatic nitrogens is 4. The molecular formula is C19H15ClN4. The number of halogens is 1. The molecule has 0 saturated carbocycles. The summed E-state index contributed by atoms with van der Waals surface area (Å²) in [5.41, 5.74) is 4.19. The molecule has 0 N–H and O–H groups in total. The van der Waals surface area contributed by atoms with Gasteiger partial charge in [-0.25, -0.2) is 4.68 Å². The first kappa shape index (κ1) is 14.8. The van der Waals surface area contributed by atoms with E-state index in [9.17, 15) is 0 Å². The highest BCUT2D eigenvalue weighted by Gasteiger charge is 2.20. The van der Waals surface area contributed by atoms with Crippen LogP contribution in [0.1, 0.15) is 6.92 Å². The molecule has 0 amide bonds. The van der Waals surface area contributed by atoms with Crippen LogP contribution in [0.5, 0.6) is 0 Å². The molecular weight excluding hydrogens is 320 g/mol. The number of fused-ring (bicyclic) bond motifs is 1. The van der Waals surface area contributed by atoms with Crippen LogP contribution in [0, 0.1) is 0 Å². The van der Waals surface area contributed by atoms with Crippen LogP contribution in [0.4, 0.5) is 0 Å². The molecule has 0 spiro atoms. The summed E-state index contributed by atoms with van der Waals surface area (Å²) in [6.45, 7) is 2.74. The van der Waals surface area contributed by atoms with Gasteiger partial charge >= 0.3 is 0 Å². The number of nitrogens with zero attached hydrogens (tertiary/aromatic N) is 4. The van der Waals surface area contributed by atoms with Crippen molar-refractivity contribution in [3.8, 4) is 22.5 Å². The predicted molar refractivity (Wildman–Crippen MR) is 96.9 cm³/mol. The van der Waals surface area contributed by atoms with Crippen molar-refractivity contribution in [2.45, 2.75) is 13.5 Å². The maximum absolute atomic E-state index is 6.75. The summed E-state index contributed by atoms with van der Waals surface area (Å²) in [7, 11) is 0. The monoisotopic (exact) mass is 334 g/mol. The highest BCUT2D eigenvalue weighted by Crippen LogP contribution is 2.36. The Morgan fingerprint density at radius 3 is 2.00 bits per heavy atom. The second kappa shape index (κ2) is 6.06. The summed E-state index contributed by atoms with van der Waals surface area (Å²) in [5.74, 6) is 0. The first-order valence-electron chi connectivity index (χ1n) is 7.83. The van der Waals surface area contributed by atoms with Crippen molar-refractivity contribution < 1.29 is 0 Å². The molecule has 2 heterocycles. The van der Waals surface area contributed by atoms with Gasteiger partial charge in [-0.1, -0.05) is 72.3 Å². The van der Waals surface area contributed by atoms with Crippen LogP contribution in [0.3, 0.4) is 0 Å². The van der Waals surface area contributed by atoms with Gasteiger partial charge in [0.25, 0.3) is 0 Å². The number of benzene rings is 2. The largest absolute Gasteiger partial charge is 0.245 e. The Morgan fingerprint density at radius 2 is 1.42 bits per heavy atom. The van der Waals surface area contributed by atoms with Gasteiger partial charge in [-0.2, -0.15) is 5.10 Å². The molecule has 24 heavy (non-hydrogen) atoms. The Hall–Kier alpha value is -2.72. The van der Waals surface area contributed by atoms with E-state index in [0.29, 0.717) is 22.9 Å². The lowest BCUT2D eigenvalue weighted by molar-refractivity contribution is 0.675. The van der Waals surface area contributed by atoms with Crippen molar-refractivity contribution >= 4 is 22.6 Å². The van der Waals surface area contributed by atoms with Crippen LogP contribution in [-0.4, -0.2) is 20.0 Å². The van der Waals surface area contributed by atoms with E-state index in [2.05, 4.69) is 10.2 Å². The van der Waals surface area contributed by atoms with Gasteiger partial charge in [0.2, 0.25) is 0 Å². The van der Waals surface area contributed by atoms with Gasteiger partial charge < -0.3 is 0 Å². The lowest BCUT2D eigenvalue weighted by Gasteiger charge is -2.05. The van der Waals surface area contributed by atoms with E-state index in [1.807, 2.05) is 72.3 Å². The van der Waals surface area contributed by atoms with E-state index in [4.69, 9.17) is 16.7 Å². The Morgan fingerprint density at radius 1 is 0.833 bits per heavy atom. The zero-order valence-electron chi connectivity index (χ0n) is 13.1. The van der Waals surface area contributed by atoms with Gasteiger partial charge in [-0.05, 0) is 6.92 Å². The van der Waals surface area contributed by atoms with Crippen LogP contribution in [0.15, 0.2) is 60.7 Å². The van der Waals surface area contributed by atoms with Crippen LogP contribution in [0.2, 0.25) is 5.02 Å². The highest BCUT2D eigenvalue weighted by molar-refractivity contribution is 6.38. The van der Waals surface area contributed by atoms with Crippen molar-refractivity contribution in [3.05, 3.63) is 65.7 Å². The molecule has 4 aromatic rings. The second-order valence-corrected chi connectivity index (χ2v) is 5.84. The fraction of sp³-hybridized carbons (Fsp3) is 0.105. The maximum Gasteiger partial charge on any atom is 0.182 e. The van der Waals surface area contributed by atoms with Crippen LogP contribution < -0.4 is 0 Å². The third kappa shape index (κ3) is 2.36. The minimum Gasteiger partial charge on any atom is -0.245 e. The molecule has 5 heteroatoms. The summed E-state index contributed by atoms with van der Waals surface area (Å²) in [5, 5.41) is 14.9. The van der Waals surface area contributed by atoms with E-state index in [-0.39, 0.29) is 0 Å². The van der Waals surface area contributed by atoms with Crippen molar-refractivity contribution in [3.63, 3.8) is 0 Å². The molecule has 0 aliphatic rings. The third-order valence-electron chi connectivity index (χ3n) is 3.99. The highest BCUT2D eigenvalue weighted by atomic mass is 35.5. The van der Waals surface area contributed by atoms with Crippen molar-refractivity contribution in [1.29, 1.82) is 0 Å². The van der Waals surface area contributed by atoms with Gasteiger partial charge in [0.1, 0.15) is 11.4 Å². The number of hydrogen-bond donors (Lipinski definition) is 0. The number of rotatable bonds is 3. The molecule has 0 radical (unpaired) electrons. The van der Waals surface area contributed by atoms with Crippen molar-refractivity contribution in [2.24, 2.45) is 0 Å². The van der Waals surface area contributed by atoms with Gasteiger partial charge in [-0.3, -0.25) is 0 Å². The molecule has 2 aromatic carbocycles. The summed E-state index contributed by atoms with van der Waals surface area (Å²) >= 11 is 6.75. The van der Waals surface area contributed by atoms with E-state index in [0.717, 1.165) is 22.2 Å². The summed E-state index contributed by atoms with van der Waals surface area (Å²) in [4.78, 5) is 0. The Balaban J connectivity index is 2.04. The average Bonchev–Trinajstić information content (AvgIpc) is 3.03. The third-order valence-corrected chi connectivity index (χ3v) is 4.36. The summed E-state index contributed by atoms with van der Waals surface area (Å²) in [6.07, 6.45) is 0. The van der Waals surface area contributed by atoms with Gasteiger partial charge in [0.15, 0.2) is 5.65 Å². The first-order valence-corrected chi connectivity index (χ1v) is 8.21. The molecule has 0 atom stereocenters. The molecule has 0 saturated heterocycles. The summed E-state index contributed by atoms with van der Waals surface area (Å²) < 4.78 is 1.84. The molecule has 0 bridgehead atoms. The van der Waals surface area contributed by atoms with Gasteiger partial charge in [0.05, 0.1) is 10.4 Å². The van der Waals surface area contributed by atoms with Crippen molar-refractivity contribution in [1.82, 2.24) is 20.0 Å². The fourth-order valence-corrected chi connectivity index (χ4v) is 3.14. The zero-order chi connectivity index (χ0) is 16.5. The smallest absolute Gasteiger partial charge is 0.182 e. The Labute approximate surface area is 144 Å². The standard InChI is InChI=1S/C19H15ClN4/c1-2-24-19-15(17(23-24)13-9-5-3-6-10-13)16(20)18(21-22-19)14-11-7-4-8-12-14/h3-12H,2H2,1H3. The minimum absolute atomic E-state index is 0.588. The maximum atomic E-state index is 6.75. The number of aryl methyl sites for hydroxylation is 1. The fourth-order valence-electron chi connectivity index (χ4n) is 2.82. The lowest BCUT2D eigenvalue weighted by atomic mass is 10.1. The lowest BCUT2D eigenvalue weighted by Crippen LogP contribution is -1.99. The van der Waals surface area contributed by atoms with Crippen molar-refractivity contribution in [2.75, 3.05) is 0 Å².